The van der Waals surface area contributed by atoms with E-state index in [0.29, 0.717) is 28.5 Å². The van der Waals surface area contributed by atoms with Gasteiger partial charge in [0.2, 0.25) is 5.91 Å². The van der Waals surface area contributed by atoms with E-state index in [-0.39, 0.29) is 18.4 Å². The van der Waals surface area contributed by atoms with Crippen LogP contribution < -0.4 is 10.6 Å². The van der Waals surface area contributed by atoms with Crippen LogP contribution in [-0.4, -0.2) is 40.5 Å². The Hall–Kier alpha value is -3.65. The van der Waals surface area contributed by atoms with Crippen molar-refractivity contribution in [3.05, 3.63) is 66.1 Å². The van der Waals surface area contributed by atoms with Gasteiger partial charge < -0.3 is 15.4 Å². The van der Waals surface area contributed by atoms with Crippen LogP contribution in [0.15, 0.2) is 55.0 Å². The summed E-state index contributed by atoms with van der Waals surface area (Å²) in [6.07, 6.45) is 4.55. The molecule has 8 nitrogen and oxygen atoms in total. The summed E-state index contributed by atoms with van der Waals surface area (Å²) in [6, 6.07) is 10.7. The molecular weight excluding hydrogens is 358 g/mol. The number of nitrogens with one attached hydrogen (secondary N) is 2. The second kappa shape index (κ2) is 8.83. The van der Waals surface area contributed by atoms with Gasteiger partial charge in [-0.2, -0.15) is 0 Å². The number of aryl methyl sites for hydroxylation is 1. The van der Waals surface area contributed by atoms with Crippen molar-refractivity contribution in [1.82, 2.24) is 15.0 Å². The Bertz CT molecular complexity index is 975. The quantitative estimate of drug-likeness (QED) is 0.684. The maximum atomic E-state index is 12.5. The molecular formula is C20H19N5O3. The average Bonchev–Trinajstić information content (AvgIpc) is 2.71. The maximum Gasteiger partial charge on any atom is 0.258 e. The Morgan fingerprint density at radius 3 is 2.50 bits per heavy atom. The van der Waals surface area contributed by atoms with Gasteiger partial charge in [0.1, 0.15) is 12.3 Å². The third-order valence-corrected chi connectivity index (χ3v) is 3.85. The van der Waals surface area contributed by atoms with Crippen molar-refractivity contribution in [3.63, 3.8) is 0 Å². The lowest BCUT2D eigenvalue weighted by Gasteiger charge is -2.11. The first kappa shape index (κ1) is 19.1. The van der Waals surface area contributed by atoms with Gasteiger partial charge in [0.25, 0.3) is 5.91 Å². The van der Waals surface area contributed by atoms with Gasteiger partial charge in [-0.05, 0) is 36.8 Å². The predicted molar refractivity (Wildman–Crippen MR) is 105 cm³/mol. The van der Waals surface area contributed by atoms with Crippen LogP contribution in [0.2, 0.25) is 0 Å². The molecule has 0 saturated carbocycles. The second-order valence-corrected chi connectivity index (χ2v) is 5.98. The molecule has 0 aliphatic heterocycles. The van der Waals surface area contributed by atoms with Crippen LogP contribution in [0.1, 0.15) is 15.9 Å². The summed E-state index contributed by atoms with van der Waals surface area (Å²) in [5.41, 5.74) is 2.93. The third kappa shape index (κ3) is 4.74. The van der Waals surface area contributed by atoms with Gasteiger partial charge in [-0.15, -0.1) is 0 Å². The first-order chi connectivity index (χ1) is 13.6. The Morgan fingerprint density at radius 2 is 1.82 bits per heavy atom. The smallest absolute Gasteiger partial charge is 0.258 e. The molecule has 2 amide bonds. The van der Waals surface area contributed by atoms with Crippen molar-refractivity contribution < 1.29 is 14.3 Å². The van der Waals surface area contributed by atoms with E-state index in [1.54, 1.807) is 36.5 Å². The van der Waals surface area contributed by atoms with Crippen LogP contribution >= 0.6 is 0 Å². The van der Waals surface area contributed by atoms with E-state index in [1.807, 2.05) is 13.0 Å². The van der Waals surface area contributed by atoms with Crippen LogP contribution in [0.4, 0.5) is 11.4 Å². The predicted octanol–water partition coefficient (Wildman–Crippen LogP) is 2.68. The number of amides is 2. The molecule has 3 rings (SSSR count). The molecule has 0 bridgehead atoms. The summed E-state index contributed by atoms with van der Waals surface area (Å²) in [4.78, 5) is 36.8. The van der Waals surface area contributed by atoms with Crippen LogP contribution in [-0.2, 0) is 9.53 Å². The monoisotopic (exact) mass is 377 g/mol. The summed E-state index contributed by atoms with van der Waals surface area (Å²) in [5, 5.41) is 5.52. The van der Waals surface area contributed by atoms with Crippen molar-refractivity contribution in [2.24, 2.45) is 0 Å². The first-order valence-electron chi connectivity index (χ1n) is 8.51. The lowest BCUT2D eigenvalue weighted by molar-refractivity contribution is -0.119. The average molecular weight is 377 g/mol. The second-order valence-electron chi connectivity index (χ2n) is 5.98. The number of benzene rings is 1. The molecule has 0 atom stereocenters. The molecule has 1 aromatic carbocycles. The Kier molecular flexibility index (Phi) is 6.03. The van der Waals surface area contributed by atoms with E-state index < -0.39 is 0 Å². The number of nitrogens with zero attached hydrogens (tertiary/aromatic N) is 3. The molecule has 0 fully saturated rings. The summed E-state index contributed by atoms with van der Waals surface area (Å²) in [6.45, 7) is 1.81. The van der Waals surface area contributed by atoms with Gasteiger partial charge in [0.05, 0.1) is 5.56 Å². The summed E-state index contributed by atoms with van der Waals surface area (Å²) in [5.74, 6) is -0.186. The molecule has 0 aliphatic carbocycles. The number of carbonyl (C=O) groups is 2. The van der Waals surface area contributed by atoms with Gasteiger partial charge in [0, 0.05) is 37.1 Å². The van der Waals surface area contributed by atoms with Crippen molar-refractivity contribution >= 4 is 23.2 Å². The number of methoxy groups -OCH3 is 1. The molecule has 0 aliphatic rings. The van der Waals surface area contributed by atoms with Gasteiger partial charge in [-0.1, -0.05) is 12.1 Å². The minimum Gasteiger partial charge on any atom is -0.375 e. The lowest BCUT2D eigenvalue weighted by Crippen LogP contribution is -2.18. The van der Waals surface area contributed by atoms with E-state index in [0.717, 1.165) is 5.56 Å². The van der Waals surface area contributed by atoms with E-state index in [2.05, 4.69) is 25.6 Å². The number of rotatable bonds is 6. The minimum atomic E-state index is -0.351. The van der Waals surface area contributed by atoms with E-state index in [9.17, 15) is 9.59 Å². The number of hydrogen-bond donors (Lipinski definition) is 2. The SMILES string of the molecule is COCC(=O)Nc1ccc(C)c(NC(=O)c2cnc(-c3ccccn3)nc2)c1. The highest BCUT2D eigenvalue weighted by Crippen LogP contribution is 2.21. The Labute approximate surface area is 162 Å². The normalized spacial score (nSPS) is 10.4. The molecule has 28 heavy (non-hydrogen) atoms. The van der Waals surface area contributed by atoms with Gasteiger partial charge in [0.15, 0.2) is 5.82 Å². The van der Waals surface area contributed by atoms with Crippen molar-refractivity contribution in [3.8, 4) is 11.5 Å². The standard InChI is InChI=1S/C20H19N5O3/c1-13-6-7-15(24-18(26)12-28-2)9-17(13)25-20(27)14-10-22-19(23-11-14)16-5-3-4-8-21-16/h3-11H,12H2,1-2H3,(H,24,26)(H,25,27). The zero-order valence-electron chi connectivity index (χ0n) is 15.5. The molecule has 0 saturated heterocycles. The number of carbonyl (C=O) groups excluding carboxylic acids is 2. The molecule has 8 heteroatoms. The Morgan fingerprint density at radius 1 is 1.04 bits per heavy atom. The van der Waals surface area contributed by atoms with Crippen molar-refractivity contribution in [1.29, 1.82) is 0 Å². The summed E-state index contributed by atoms with van der Waals surface area (Å²) in [7, 11) is 1.45. The molecule has 3 aromatic rings. The molecule has 142 valence electrons. The largest absolute Gasteiger partial charge is 0.375 e. The highest BCUT2D eigenvalue weighted by Gasteiger charge is 2.11. The number of pyridine rings is 1. The number of ether oxygens (including phenoxy) is 1. The van der Waals surface area contributed by atoms with Gasteiger partial charge in [-0.25, -0.2) is 9.97 Å². The fourth-order valence-corrected chi connectivity index (χ4v) is 2.43. The van der Waals surface area contributed by atoms with E-state index in [1.165, 1.54) is 19.5 Å². The third-order valence-electron chi connectivity index (χ3n) is 3.85. The minimum absolute atomic E-state index is 0.0461. The number of hydrogen-bond acceptors (Lipinski definition) is 6. The summed E-state index contributed by atoms with van der Waals surface area (Å²) < 4.78 is 4.79. The fourth-order valence-electron chi connectivity index (χ4n) is 2.43. The molecule has 0 radical (unpaired) electrons. The zero-order chi connectivity index (χ0) is 19.9. The van der Waals surface area contributed by atoms with Crippen LogP contribution in [0.5, 0.6) is 0 Å². The van der Waals surface area contributed by atoms with E-state index >= 15 is 0 Å². The lowest BCUT2D eigenvalue weighted by atomic mass is 10.1. The maximum absolute atomic E-state index is 12.5. The fraction of sp³-hybridized carbons (Fsp3) is 0.150. The number of anilines is 2. The molecule has 2 heterocycles. The molecule has 0 unspecified atom stereocenters. The van der Waals surface area contributed by atoms with Gasteiger partial charge in [-0.3, -0.25) is 14.6 Å². The highest BCUT2D eigenvalue weighted by atomic mass is 16.5. The Balaban J connectivity index is 1.73. The van der Waals surface area contributed by atoms with E-state index in [4.69, 9.17) is 4.74 Å². The molecule has 2 aromatic heterocycles. The van der Waals surface area contributed by atoms with Crippen LogP contribution in [0.3, 0.4) is 0 Å². The molecule has 2 N–H and O–H groups in total. The van der Waals surface area contributed by atoms with Crippen LogP contribution in [0, 0.1) is 6.92 Å². The van der Waals surface area contributed by atoms with Crippen molar-refractivity contribution in [2.45, 2.75) is 6.92 Å². The number of aromatic nitrogens is 3. The zero-order valence-corrected chi connectivity index (χ0v) is 15.5. The summed E-state index contributed by atoms with van der Waals surface area (Å²) >= 11 is 0. The van der Waals surface area contributed by atoms with Crippen LogP contribution in [0.25, 0.3) is 11.5 Å². The van der Waals surface area contributed by atoms with Crippen molar-refractivity contribution in [2.75, 3.05) is 24.4 Å². The molecule has 0 spiro atoms. The first-order valence-corrected chi connectivity index (χ1v) is 8.51. The topological polar surface area (TPSA) is 106 Å². The highest BCUT2D eigenvalue weighted by molar-refractivity contribution is 6.04. The van der Waals surface area contributed by atoms with Gasteiger partial charge >= 0.3 is 0 Å².